The minimum absolute atomic E-state index is 0.420. The average molecular weight is 250 g/mol. The molecule has 5 nitrogen and oxygen atoms in total. The molecule has 0 saturated carbocycles. The van der Waals surface area contributed by atoms with Gasteiger partial charge in [0.05, 0.1) is 19.9 Å². The molecule has 0 amide bonds. The summed E-state index contributed by atoms with van der Waals surface area (Å²) in [7, 11) is 3.22. The first kappa shape index (κ1) is 12.7. The zero-order valence-corrected chi connectivity index (χ0v) is 10.9. The zero-order chi connectivity index (χ0) is 13.2. The smallest absolute Gasteiger partial charge is 0.165 e. The van der Waals surface area contributed by atoms with Gasteiger partial charge in [-0.1, -0.05) is 11.2 Å². The normalized spacial score (nSPS) is 22.3. The summed E-state index contributed by atoms with van der Waals surface area (Å²) >= 11 is 0. The van der Waals surface area contributed by atoms with Gasteiger partial charge in [-0.2, -0.15) is 0 Å². The molecular weight excluding hydrogens is 232 g/mol. The largest absolute Gasteiger partial charge is 0.493 e. The molecule has 1 atom stereocenters. The fourth-order valence-corrected chi connectivity index (χ4v) is 2.05. The van der Waals surface area contributed by atoms with Crippen molar-refractivity contribution in [2.75, 3.05) is 20.8 Å². The number of nitrogens with zero attached hydrogens (tertiary/aromatic N) is 1. The summed E-state index contributed by atoms with van der Waals surface area (Å²) in [5, 5.41) is 4.00. The third kappa shape index (κ3) is 2.13. The number of oxime groups is 1. The minimum Gasteiger partial charge on any atom is -0.493 e. The van der Waals surface area contributed by atoms with Crippen molar-refractivity contribution in [3.05, 3.63) is 23.8 Å². The summed E-state index contributed by atoms with van der Waals surface area (Å²) in [5.74, 6) is 1.38. The van der Waals surface area contributed by atoms with Crippen LogP contribution in [-0.2, 0) is 10.4 Å². The Balaban J connectivity index is 2.29. The highest BCUT2D eigenvalue weighted by molar-refractivity contribution is 5.87. The molecule has 1 aromatic carbocycles. The molecule has 1 aliphatic heterocycles. The standard InChI is InChI=1S/C13H18N2O3/c1-13(7-10(8-14)15-18-13)9-4-5-11(16-2)12(6-9)17-3/h4-6H,7-8,14H2,1-3H3. The van der Waals surface area contributed by atoms with Gasteiger partial charge in [-0.15, -0.1) is 0 Å². The Bertz CT molecular complexity index is 473. The van der Waals surface area contributed by atoms with Gasteiger partial charge in [0.25, 0.3) is 0 Å². The zero-order valence-electron chi connectivity index (χ0n) is 10.9. The molecule has 0 aliphatic carbocycles. The van der Waals surface area contributed by atoms with Crippen LogP contribution >= 0.6 is 0 Å². The summed E-state index contributed by atoms with van der Waals surface area (Å²) in [6.45, 7) is 2.41. The van der Waals surface area contributed by atoms with Gasteiger partial charge in [0, 0.05) is 18.5 Å². The summed E-state index contributed by atoms with van der Waals surface area (Å²) in [4.78, 5) is 5.51. The van der Waals surface area contributed by atoms with E-state index in [1.165, 1.54) is 0 Å². The topological polar surface area (TPSA) is 66.1 Å². The number of hydrogen-bond donors (Lipinski definition) is 1. The summed E-state index contributed by atoms with van der Waals surface area (Å²) in [6, 6.07) is 5.73. The molecule has 18 heavy (non-hydrogen) atoms. The van der Waals surface area contributed by atoms with Gasteiger partial charge in [-0.05, 0) is 19.1 Å². The second kappa shape index (κ2) is 4.86. The van der Waals surface area contributed by atoms with Crippen LogP contribution in [0, 0.1) is 0 Å². The van der Waals surface area contributed by atoms with E-state index in [1.807, 2.05) is 25.1 Å². The van der Waals surface area contributed by atoms with Crippen LogP contribution in [0.3, 0.4) is 0 Å². The van der Waals surface area contributed by atoms with Crippen molar-refractivity contribution in [1.82, 2.24) is 0 Å². The van der Waals surface area contributed by atoms with Gasteiger partial charge in [0.1, 0.15) is 0 Å². The molecule has 5 heteroatoms. The van der Waals surface area contributed by atoms with Crippen molar-refractivity contribution in [1.29, 1.82) is 0 Å². The fraction of sp³-hybridized carbons (Fsp3) is 0.462. The van der Waals surface area contributed by atoms with Crippen LogP contribution in [0.4, 0.5) is 0 Å². The lowest BCUT2D eigenvalue weighted by atomic mass is 9.90. The number of hydrogen-bond acceptors (Lipinski definition) is 5. The SMILES string of the molecule is COc1ccc(C2(C)CC(CN)=NO2)cc1OC. The molecule has 98 valence electrons. The molecule has 1 unspecified atom stereocenters. The highest BCUT2D eigenvalue weighted by atomic mass is 16.7. The van der Waals surface area contributed by atoms with Gasteiger partial charge in [-0.3, -0.25) is 0 Å². The highest BCUT2D eigenvalue weighted by Gasteiger charge is 2.36. The number of ether oxygens (including phenoxy) is 2. The quantitative estimate of drug-likeness (QED) is 0.882. The maximum atomic E-state index is 5.58. The third-order valence-electron chi connectivity index (χ3n) is 3.15. The van der Waals surface area contributed by atoms with Crippen molar-refractivity contribution in [2.45, 2.75) is 18.9 Å². The second-order valence-corrected chi connectivity index (χ2v) is 4.43. The van der Waals surface area contributed by atoms with Gasteiger partial charge in [0.2, 0.25) is 0 Å². The molecule has 1 heterocycles. The predicted molar refractivity (Wildman–Crippen MR) is 69.1 cm³/mol. The van der Waals surface area contributed by atoms with E-state index in [2.05, 4.69) is 5.16 Å². The Morgan fingerprint density at radius 3 is 2.61 bits per heavy atom. The van der Waals surface area contributed by atoms with Crippen LogP contribution < -0.4 is 15.2 Å². The molecule has 0 fully saturated rings. The van der Waals surface area contributed by atoms with Crippen molar-refractivity contribution in [3.63, 3.8) is 0 Å². The first-order chi connectivity index (χ1) is 8.62. The molecule has 2 rings (SSSR count). The van der Waals surface area contributed by atoms with Gasteiger partial charge in [-0.25, -0.2) is 0 Å². The Labute approximate surface area is 107 Å². The lowest BCUT2D eigenvalue weighted by Gasteiger charge is -2.23. The Hall–Kier alpha value is -1.75. The molecule has 0 aromatic heterocycles. The van der Waals surface area contributed by atoms with Crippen LogP contribution in [0.5, 0.6) is 11.5 Å². The molecule has 0 spiro atoms. The van der Waals surface area contributed by atoms with Crippen molar-refractivity contribution < 1.29 is 14.3 Å². The third-order valence-corrected chi connectivity index (χ3v) is 3.15. The number of benzene rings is 1. The molecule has 1 aromatic rings. The van der Waals surface area contributed by atoms with Crippen LogP contribution in [0.15, 0.2) is 23.4 Å². The van der Waals surface area contributed by atoms with E-state index in [0.29, 0.717) is 24.5 Å². The fourth-order valence-electron chi connectivity index (χ4n) is 2.05. The molecular formula is C13H18N2O3. The lowest BCUT2D eigenvalue weighted by molar-refractivity contribution is -0.00755. The Kier molecular flexibility index (Phi) is 3.43. The van der Waals surface area contributed by atoms with Crippen LogP contribution in [-0.4, -0.2) is 26.5 Å². The van der Waals surface area contributed by atoms with E-state index in [0.717, 1.165) is 11.3 Å². The summed E-state index contributed by atoms with van der Waals surface area (Å²) < 4.78 is 10.5. The maximum absolute atomic E-state index is 5.58. The van der Waals surface area contributed by atoms with E-state index < -0.39 is 5.60 Å². The van der Waals surface area contributed by atoms with Crippen molar-refractivity contribution >= 4 is 5.71 Å². The van der Waals surface area contributed by atoms with E-state index >= 15 is 0 Å². The maximum Gasteiger partial charge on any atom is 0.165 e. The Morgan fingerprint density at radius 2 is 2.06 bits per heavy atom. The van der Waals surface area contributed by atoms with Crippen molar-refractivity contribution in [2.24, 2.45) is 10.9 Å². The van der Waals surface area contributed by atoms with Crippen LogP contribution in [0.25, 0.3) is 0 Å². The average Bonchev–Trinajstić information content (AvgIpc) is 2.81. The highest BCUT2D eigenvalue weighted by Crippen LogP contribution is 2.38. The molecule has 0 bridgehead atoms. The van der Waals surface area contributed by atoms with Crippen LogP contribution in [0.2, 0.25) is 0 Å². The predicted octanol–water partition coefficient (Wildman–Crippen LogP) is 1.65. The second-order valence-electron chi connectivity index (χ2n) is 4.43. The molecule has 0 radical (unpaired) electrons. The summed E-state index contributed by atoms with van der Waals surface area (Å²) in [6.07, 6.45) is 0.693. The van der Waals surface area contributed by atoms with E-state index in [9.17, 15) is 0 Å². The minimum atomic E-state index is -0.478. The van der Waals surface area contributed by atoms with Crippen molar-refractivity contribution in [3.8, 4) is 11.5 Å². The number of nitrogens with two attached hydrogens (primary N) is 1. The molecule has 0 saturated heterocycles. The molecule has 2 N–H and O–H groups in total. The van der Waals surface area contributed by atoms with Gasteiger partial charge >= 0.3 is 0 Å². The Morgan fingerprint density at radius 1 is 1.33 bits per heavy atom. The van der Waals surface area contributed by atoms with Gasteiger partial charge in [0.15, 0.2) is 17.1 Å². The monoisotopic (exact) mass is 250 g/mol. The summed E-state index contributed by atoms with van der Waals surface area (Å²) in [5.41, 5.74) is 6.96. The van der Waals surface area contributed by atoms with E-state index in [4.69, 9.17) is 20.0 Å². The number of methoxy groups -OCH3 is 2. The lowest BCUT2D eigenvalue weighted by Crippen LogP contribution is -2.24. The first-order valence-corrected chi connectivity index (χ1v) is 5.79. The first-order valence-electron chi connectivity index (χ1n) is 5.79. The van der Waals surface area contributed by atoms with E-state index in [-0.39, 0.29) is 0 Å². The van der Waals surface area contributed by atoms with Gasteiger partial charge < -0.3 is 20.0 Å². The molecule has 1 aliphatic rings. The number of rotatable bonds is 4. The van der Waals surface area contributed by atoms with E-state index in [1.54, 1.807) is 14.2 Å². The van der Waals surface area contributed by atoms with Crippen LogP contribution in [0.1, 0.15) is 18.9 Å².